The van der Waals surface area contributed by atoms with Crippen LogP contribution in [0.25, 0.3) is 0 Å². The molecule has 2 rings (SSSR count). The number of carbonyl (C=O) groups is 3. The first kappa shape index (κ1) is 21.4. The Kier molecular flexibility index (Phi) is 7.96. The molecule has 5 nitrogen and oxygen atoms in total. The Balaban J connectivity index is 2.40. The van der Waals surface area contributed by atoms with Crippen molar-refractivity contribution in [2.24, 2.45) is 0 Å². The molecule has 2 amide bonds. The molecule has 0 aromatic heterocycles. The minimum absolute atomic E-state index is 0.0188. The summed E-state index contributed by atoms with van der Waals surface area (Å²) in [6.45, 7) is 3.69. The van der Waals surface area contributed by atoms with Crippen LogP contribution in [0.1, 0.15) is 25.8 Å². The quantitative estimate of drug-likeness (QED) is 0.376. The Morgan fingerprint density at radius 3 is 2.29 bits per heavy atom. The van der Waals surface area contributed by atoms with E-state index in [0.717, 1.165) is 10.5 Å². The van der Waals surface area contributed by atoms with Crippen LogP contribution in [0.15, 0.2) is 65.7 Å². The van der Waals surface area contributed by atoms with Crippen LogP contribution in [0.4, 0.5) is 5.69 Å². The smallest absolute Gasteiger partial charge is 0.309 e. The van der Waals surface area contributed by atoms with Gasteiger partial charge in [-0.1, -0.05) is 47.5 Å². The van der Waals surface area contributed by atoms with Gasteiger partial charge >= 0.3 is 5.97 Å². The number of hydrogen-bond donors (Lipinski definition) is 0. The van der Waals surface area contributed by atoms with Gasteiger partial charge in [0.2, 0.25) is 6.41 Å². The molecule has 2 aromatic rings. The second-order valence-electron chi connectivity index (χ2n) is 6.16. The summed E-state index contributed by atoms with van der Waals surface area (Å²) in [4.78, 5) is 37.8. The molecule has 146 valence electrons. The van der Waals surface area contributed by atoms with Gasteiger partial charge < -0.3 is 4.74 Å². The highest BCUT2D eigenvalue weighted by Gasteiger charge is 2.23. The van der Waals surface area contributed by atoms with Crippen LogP contribution in [0.5, 0.6) is 0 Å². The van der Waals surface area contributed by atoms with Crippen molar-refractivity contribution in [3.05, 3.63) is 76.3 Å². The van der Waals surface area contributed by atoms with Gasteiger partial charge in [-0.25, -0.2) is 4.90 Å². The molecule has 0 aliphatic carbocycles. The lowest BCUT2D eigenvalue weighted by molar-refractivity contribution is -0.142. The lowest BCUT2D eigenvalue weighted by Crippen LogP contribution is -2.32. The van der Waals surface area contributed by atoms with E-state index in [1.165, 1.54) is 0 Å². The van der Waals surface area contributed by atoms with Crippen LogP contribution in [0.2, 0.25) is 5.02 Å². The highest BCUT2D eigenvalue weighted by atomic mass is 35.5. The molecule has 0 heterocycles. The summed E-state index contributed by atoms with van der Waals surface area (Å²) in [5.74, 6) is -0.898. The average molecular weight is 400 g/mol. The van der Waals surface area contributed by atoms with Gasteiger partial charge in [-0.2, -0.15) is 0 Å². The van der Waals surface area contributed by atoms with E-state index in [-0.39, 0.29) is 13.0 Å². The molecule has 2 aromatic carbocycles. The number of carbonyl (C=O) groups excluding carboxylic acids is 3. The molecule has 0 radical (unpaired) electrons. The second-order valence-corrected chi connectivity index (χ2v) is 6.60. The Labute approximate surface area is 169 Å². The van der Waals surface area contributed by atoms with Crippen molar-refractivity contribution < 1.29 is 19.1 Å². The number of ether oxygens (including phenoxy) is 1. The van der Waals surface area contributed by atoms with Crippen molar-refractivity contribution in [1.82, 2.24) is 0 Å². The van der Waals surface area contributed by atoms with Gasteiger partial charge in [0.25, 0.3) is 5.91 Å². The van der Waals surface area contributed by atoms with Crippen molar-refractivity contribution in [1.29, 1.82) is 0 Å². The number of benzene rings is 2. The molecule has 0 atom stereocenters. The summed E-state index contributed by atoms with van der Waals surface area (Å²) in [5, 5.41) is 0.501. The number of rotatable bonds is 8. The van der Waals surface area contributed by atoms with Gasteiger partial charge in [0.1, 0.15) is 0 Å². The zero-order chi connectivity index (χ0) is 20.5. The lowest BCUT2D eigenvalue weighted by Gasteiger charge is -2.20. The van der Waals surface area contributed by atoms with Crippen molar-refractivity contribution in [3.8, 4) is 0 Å². The summed E-state index contributed by atoms with van der Waals surface area (Å²) in [6, 6.07) is 15.8. The van der Waals surface area contributed by atoms with Gasteiger partial charge in [0.05, 0.1) is 18.7 Å². The van der Waals surface area contributed by atoms with Crippen LogP contribution >= 0.6 is 11.6 Å². The maximum Gasteiger partial charge on any atom is 0.309 e. The Bertz CT molecular complexity index is 860. The predicted octanol–water partition coefficient (Wildman–Crippen LogP) is 4.34. The normalized spacial score (nSPS) is 11.4. The van der Waals surface area contributed by atoms with Crippen molar-refractivity contribution >= 4 is 35.6 Å². The Morgan fingerprint density at radius 1 is 1.07 bits per heavy atom. The van der Waals surface area contributed by atoms with Gasteiger partial charge in [-0.15, -0.1) is 0 Å². The molecule has 0 bridgehead atoms. The minimum Gasteiger partial charge on any atom is -0.466 e. The first-order valence-electron chi connectivity index (χ1n) is 8.88. The van der Waals surface area contributed by atoms with E-state index in [1.54, 1.807) is 38.1 Å². The molecule has 0 aliphatic heterocycles. The maximum absolute atomic E-state index is 13.2. The molecule has 0 N–H and O–H groups in total. The molecule has 0 saturated carbocycles. The fraction of sp³-hybridized carbons (Fsp3) is 0.227. The molecule has 6 heteroatoms. The molecule has 28 heavy (non-hydrogen) atoms. The SMILES string of the molecule is CCOC(=O)C/C(C)=C(\Cc1ccccc1)C(=O)N(C=O)c1ccc(Cl)cc1. The third kappa shape index (κ3) is 5.79. The number of amides is 2. The van der Waals surface area contributed by atoms with Gasteiger partial charge in [0, 0.05) is 17.0 Å². The summed E-state index contributed by atoms with van der Waals surface area (Å²) < 4.78 is 5.00. The third-order valence-electron chi connectivity index (χ3n) is 4.14. The number of halogens is 1. The molecular formula is C22H22ClNO4. The second kappa shape index (κ2) is 10.4. The number of hydrogen-bond acceptors (Lipinski definition) is 4. The van der Waals surface area contributed by atoms with E-state index in [2.05, 4.69) is 0 Å². The number of imide groups is 1. The summed E-state index contributed by atoms with van der Waals surface area (Å²) in [6.07, 6.45) is 0.742. The fourth-order valence-corrected chi connectivity index (χ4v) is 2.84. The van der Waals surface area contributed by atoms with E-state index in [4.69, 9.17) is 16.3 Å². The Morgan fingerprint density at radius 2 is 1.71 bits per heavy atom. The first-order valence-corrected chi connectivity index (χ1v) is 9.26. The largest absolute Gasteiger partial charge is 0.466 e. The highest BCUT2D eigenvalue weighted by molar-refractivity contribution is 6.30. The van der Waals surface area contributed by atoms with Crippen LogP contribution in [-0.2, 0) is 25.5 Å². The van der Waals surface area contributed by atoms with Gasteiger partial charge in [0.15, 0.2) is 0 Å². The van der Waals surface area contributed by atoms with E-state index < -0.39 is 11.9 Å². The highest BCUT2D eigenvalue weighted by Crippen LogP contribution is 2.23. The standard InChI is InChI=1S/C22H22ClNO4/c1-3-28-21(26)13-16(2)20(14-17-7-5-4-6-8-17)22(27)24(15-25)19-11-9-18(23)10-12-19/h4-12,15H,3,13-14H2,1-2H3/b20-16+. The number of esters is 1. The lowest BCUT2D eigenvalue weighted by atomic mass is 9.97. The van der Waals surface area contributed by atoms with Crippen molar-refractivity contribution in [2.75, 3.05) is 11.5 Å². The minimum atomic E-state index is -0.483. The topological polar surface area (TPSA) is 63.7 Å². The molecule has 0 aliphatic rings. The predicted molar refractivity (Wildman–Crippen MR) is 109 cm³/mol. The van der Waals surface area contributed by atoms with Crippen molar-refractivity contribution in [3.63, 3.8) is 0 Å². The molecule has 0 unspecified atom stereocenters. The van der Waals surface area contributed by atoms with E-state index in [1.807, 2.05) is 30.3 Å². The summed E-state index contributed by atoms with van der Waals surface area (Å²) in [5.41, 5.74) is 2.24. The number of nitrogens with zero attached hydrogens (tertiary/aromatic N) is 1. The molecule has 0 spiro atoms. The van der Waals surface area contributed by atoms with Crippen LogP contribution < -0.4 is 4.90 Å². The Hall–Kier alpha value is -2.92. The van der Waals surface area contributed by atoms with Gasteiger partial charge in [-0.05, 0) is 43.7 Å². The van der Waals surface area contributed by atoms with Crippen molar-refractivity contribution in [2.45, 2.75) is 26.7 Å². The molecule has 0 fully saturated rings. The molecular weight excluding hydrogens is 378 g/mol. The zero-order valence-electron chi connectivity index (χ0n) is 15.9. The first-order chi connectivity index (χ1) is 13.5. The van der Waals surface area contributed by atoms with Crippen LogP contribution in [0.3, 0.4) is 0 Å². The van der Waals surface area contributed by atoms with E-state index in [0.29, 0.717) is 34.7 Å². The third-order valence-corrected chi connectivity index (χ3v) is 4.39. The summed E-state index contributed by atoms with van der Waals surface area (Å²) in [7, 11) is 0. The molecule has 0 saturated heterocycles. The van der Waals surface area contributed by atoms with Gasteiger partial charge in [-0.3, -0.25) is 14.4 Å². The van der Waals surface area contributed by atoms with Crippen LogP contribution in [0, 0.1) is 0 Å². The summed E-state index contributed by atoms with van der Waals surface area (Å²) >= 11 is 5.89. The zero-order valence-corrected chi connectivity index (χ0v) is 16.6. The monoisotopic (exact) mass is 399 g/mol. The van der Waals surface area contributed by atoms with E-state index >= 15 is 0 Å². The maximum atomic E-state index is 13.2. The average Bonchev–Trinajstić information content (AvgIpc) is 2.69. The van der Waals surface area contributed by atoms with E-state index in [9.17, 15) is 14.4 Å². The fourth-order valence-electron chi connectivity index (χ4n) is 2.72. The van der Waals surface area contributed by atoms with Crippen LogP contribution in [-0.4, -0.2) is 24.9 Å². The number of anilines is 1.